The molecule has 8 heteroatoms. The van der Waals surface area contributed by atoms with E-state index in [0.717, 1.165) is 50.9 Å². The summed E-state index contributed by atoms with van der Waals surface area (Å²) in [5.74, 6) is 0.489. The Morgan fingerprint density at radius 2 is 2.00 bits per heavy atom. The SMILES string of the molecule is CC1=C2NOC(Nc3cc(C)c(CO)c(C)c3)(N=C1)N2c1ccc2c(c1)NCO2. The highest BCUT2D eigenvalue weighted by Gasteiger charge is 2.49. The van der Waals surface area contributed by atoms with Crippen molar-refractivity contribution in [3.05, 3.63) is 58.4 Å². The summed E-state index contributed by atoms with van der Waals surface area (Å²) in [6.07, 6.45) is 1.80. The summed E-state index contributed by atoms with van der Waals surface area (Å²) in [5, 5.41) is 16.3. The zero-order valence-corrected chi connectivity index (χ0v) is 16.5. The second-order valence-corrected chi connectivity index (χ2v) is 7.46. The average Bonchev–Trinajstić information content (AvgIpc) is 3.26. The van der Waals surface area contributed by atoms with Gasteiger partial charge in [0.05, 0.1) is 18.0 Å². The number of ether oxygens (including phenoxy) is 1. The van der Waals surface area contributed by atoms with Crippen molar-refractivity contribution in [3.63, 3.8) is 0 Å². The largest absolute Gasteiger partial charge is 0.471 e. The number of rotatable bonds is 4. The molecule has 2 bridgehead atoms. The smallest absolute Gasteiger partial charge is 0.351 e. The first-order chi connectivity index (χ1) is 14.0. The van der Waals surface area contributed by atoms with Crippen LogP contribution >= 0.6 is 0 Å². The Balaban J connectivity index is 1.57. The summed E-state index contributed by atoms with van der Waals surface area (Å²) >= 11 is 0. The number of hydrogen-bond donors (Lipinski definition) is 4. The van der Waals surface area contributed by atoms with Crippen LogP contribution in [0.25, 0.3) is 0 Å². The molecule has 0 saturated carbocycles. The fourth-order valence-corrected chi connectivity index (χ4v) is 3.98. The summed E-state index contributed by atoms with van der Waals surface area (Å²) in [5.41, 5.74) is 9.63. The van der Waals surface area contributed by atoms with Gasteiger partial charge in [-0.25, -0.2) is 15.3 Å². The molecule has 1 atom stereocenters. The van der Waals surface area contributed by atoms with Crippen molar-refractivity contribution in [1.82, 2.24) is 5.48 Å². The standard InChI is InChI=1S/C21H23N5O3/c1-12-6-15(7-13(2)17(12)10-27)24-21-23-9-14(3)20(25-29-21)26(21)16-4-5-19-18(8-16)22-11-28-19/h4-9,22,24-25,27H,10-11H2,1-3H3. The average molecular weight is 393 g/mol. The zero-order valence-electron chi connectivity index (χ0n) is 16.5. The van der Waals surface area contributed by atoms with E-state index in [9.17, 15) is 5.11 Å². The highest BCUT2D eigenvalue weighted by atomic mass is 16.7. The van der Waals surface area contributed by atoms with Gasteiger partial charge in [0.25, 0.3) is 0 Å². The number of anilines is 3. The molecule has 0 radical (unpaired) electrons. The molecule has 8 nitrogen and oxygen atoms in total. The second kappa shape index (κ2) is 6.40. The first-order valence-corrected chi connectivity index (χ1v) is 9.51. The van der Waals surface area contributed by atoms with Crippen molar-refractivity contribution in [3.8, 4) is 5.75 Å². The van der Waals surface area contributed by atoms with Gasteiger partial charge in [0.2, 0.25) is 0 Å². The summed E-state index contributed by atoms with van der Waals surface area (Å²) in [7, 11) is 0. The van der Waals surface area contributed by atoms with Crippen molar-refractivity contribution in [2.24, 2.45) is 4.99 Å². The maximum atomic E-state index is 9.60. The highest BCUT2D eigenvalue weighted by Crippen LogP contribution is 2.42. The van der Waals surface area contributed by atoms with E-state index < -0.39 is 5.97 Å². The lowest BCUT2D eigenvalue weighted by molar-refractivity contribution is -0.0214. The minimum atomic E-state index is -1.16. The molecule has 3 aliphatic heterocycles. The summed E-state index contributed by atoms with van der Waals surface area (Å²) in [6, 6.07) is 9.93. The number of aryl methyl sites for hydroxylation is 2. The molecule has 0 aromatic heterocycles. The lowest BCUT2D eigenvalue weighted by Crippen LogP contribution is -2.51. The summed E-state index contributed by atoms with van der Waals surface area (Å²) in [6.45, 7) is 6.43. The molecule has 1 fully saturated rings. The molecule has 5 rings (SSSR count). The van der Waals surface area contributed by atoms with Crippen LogP contribution in [-0.4, -0.2) is 24.0 Å². The fourth-order valence-electron chi connectivity index (χ4n) is 3.98. The van der Waals surface area contributed by atoms with Crippen LogP contribution in [0.1, 0.15) is 23.6 Å². The van der Waals surface area contributed by atoms with Gasteiger partial charge in [-0.05, 0) is 67.8 Å². The fraction of sp³-hybridized carbons (Fsp3) is 0.286. The third-order valence-electron chi connectivity index (χ3n) is 5.50. The van der Waals surface area contributed by atoms with E-state index in [4.69, 9.17) is 14.6 Å². The summed E-state index contributed by atoms with van der Waals surface area (Å²) in [4.78, 5) is 12.7. The predicted octanol–water partition coefficient (Wildman–Crippen LogP) is 2.94. The van der Waals surface area contributed by atoms with Crippen LogP contribution in [0.4, 0.5) is 17.1 Å². The Bertz CT molecular complexity index is 1040. The van der Waals surface area contributed by atoms with Crippen LogP contribution < -0.4 is 25.8 Å². The number of allylic oxidation sites excluding steroid dienone is 1. The van der Waals surface area contributed by atoms with Gasteiger partial charge in [0, 0.05) is 17.5 Å². The van der Waals surface area contributed by atoms with Crippen molar-refractivity contribution in [2.45, 2.75) is 33.4 Å². The molecule has 0 aliphatic carbocycles. The van der Waals surface area contributed by atoms with Gasteiger partial charge < -0.3 is 20.5 Å². The molecule has 0 amide bonds. The van der Waals surface area contributed by atoms with Gasteiger partial charge in [0.1, 0.15) is 11.6 Å². The first kappa shape index (κ1) is 17.8. The van der Waals surface area contributed by atoms with Gasteiger partial charge in [-0.3, -0.25) is 4.90 Å². The number of aliphatic imine (C=N–C) groups is 1. The Morgan fingerprint density at radius 1 is 1.21 bits per heavy atom. The molecule has 150 valence electrons. The number of aliphatic hydroxyl groups is 1. The van der Waals surface area contributed by atoms with E-state index in [-0.39, 0.29) is 6.61 Å². The molecule has 2 aromatic carbocycles. The van der Waals surface area contributed by atoms with Crippen molar-refractivity contribution in [1.29, 1.82) is 0 Å². The van der Waals surface area contributed by atoms with Gasteiger partial charge in [-0.15, -0.1) is 0 Å². The number of nitrogens with zero attached hydrogens (tertiary/aromatic N) is 2. The minimum absolute atomic E-state index is 0.0156. The zero-order chi connectivity index (χ0) is 20.2. The molecular weight excluding hydrogens is 370 g/mol. The number of benzene rings is 2. The lowest BCUT2D eigenvalue weighted by Gasteiger charge is -2.36. The van der Waals surface area contributed by atoms with Crippen molar-refractivity contribution >= 4 is 23.3 Å². The van der Waals surface area contributed by atoms with E-state index in [1.807, 2.05) is 56.0 Å². The third-order valence-corrected chi connectivity index (χ3v) is 5.50. The number of aliphatic hydroxyl groups excluding tert-OH is 1. The maximum Gasteiger partial charge on any atom is 0.351 e. The molecule has 29 heavy (non-hydrogen) atoms. The second-order valence-electron chi connectivity index (χ2n) is 7.46. The lowest BCUT2D eigenvalue weighted by atomic mass is 10.0. The molecule has 3 aliphatic rings. The molecule has 3 heterocycles. The van der Waals surface area contributed by atoms with E-state index in [0.29, 0.717) is 6.73 Å². The number of fused-ring (bicyclic) bond motifs is 3. The van der Waals surface area contributed by atoms with E-state index in [1.54, 1.807) is 6.21 Å². The first-order valence-electron chi connectivity index (χ1n) is 9.51. The Morgan fingerprint density at radius 3 is 2.76 bits per heavy atom. The molecule has 4 N–H and O–H groups in total. The monoisotopic (exact) mass is 393 g/mol. The topological polar surface area (TPSA) is 90.4 Å². The van der Waals surface area contributed by atoms with Gasteiger partial charge in [-0.1, -0.05) is 0 Å². The Labute approximate surface area is 168 Å². The molecule has 2 aromatic rings. The quantitative estimate of drug-likeness (QED) is 0.635. The predicted molar refractivity (Wildman–Crippen MR) is 112 cm³/mol. The molecule has 1 unspecified atom stereocenters. The minimum Gasteiger partial charge on any atom is -0.471 e. The van der Waals surface area contributed by atoms with E-state index in [1.165, 1.54) is 0 Å². The normalized spacial score (nSPS) is 21.6. The molecule has 0 spiro atoms. The number of hydrogen-bond acceptors (Lipinski definition) is 8. The van der Waals surface area contributed by atoms with Crippen LogP contribution in [-0.2, 0) is 11.4 Å². The number of hydroxylamine groups is 1. The van der Waals surface area contributed by atoms with Crippen molar-refractivity contribution < 1.29 is 14.7 Å². The summed E-state index contributed by atoms with van der Waals surface area (Å²) < 4.78 is 5.55. The van der Waals surface area contributed by atoms with Gasteiger partial charge in [-0.2, -0.15) is 0 Å². The van der Waals surface area contributed by atoms with Gasteiger partial charge in [0.15, 0.2) is 6.73 Å². The van der Waals surface area contributed by atoms with Crippen LogP contribution in [0.2, 0.25) is 0 Å². The van der Waals surface area contributed by atoms with Gasteiger partial charge >= 0.3 is 5.97 Å². The third kappa shape index (κ3) is 2.72. The highest BCUT2D eigenvalue weighted by molar-refractivity contribution is 5.85. The number of nitrogens with one attached hydrogen (secondary N) is 3. The van der Waals surface area contributed by atoms with E-state index >= 15 is 0 Å². The maximum absolute atomic E-state index is 9.60. The van der Waals surface area contributed by atoms with Crippen LogP contribution in [0, 0.1) is 13.8 Å². The Hall–Kier alpha value is -3.23. The molecular formula is C21H23N5O3. The van der Waals surface area contributed by atoms with Crippen molar-refractivity contribution in [2.75, 3.05) is 22.3 Å². The van der Waals surface area contributed by atoms with Crippen LogP contribution in [0.3, 0.4) is 0 Å². The van der Waals surface area contributed by atoms with Crippen LogP contribution in [0.5, 0.6) is 5.75 Å². The molecule has 1 saturated heterocycles. The Kier molecular flexibility index (Phi) is 3.94. The van der Waals surface area contributed by atoms with E-state index in [2.05, 4.69) is 16.1 Å². The van der Waals surface area contributed by atoms with Crippen LogP contribution in [0.15, 0.2) is 46.7 Å².